The average Bonchev–Trinajstić information content (AvgIpc) is 2.84. The van der Waals surface area contributed by atoms with Crippen molar-refractivity contribution >= 4 is 21.6 Å². The second kappa shape index (κ2) is 5.25. The molecule has 0 bridgehead atoms. The van der Waals surface area contributed by atoms with E-state index >= 15 is 0 Å². The molecule has 2 aromatic rings. The van der Waals surface area contributed by atoms with Gasteiger partial charge < -0.3 is 9.64 Å². The van der Waals surface area contributed by atoms with Crippen molar-refractivity contribution in [3.05, 3.63) is 58.1 Å². The van der Waals surface area contributed by atoms with E-state index in [0.717, 1.165) is 29.7 Å². The number of para-hydroxylation sites is 1. The predicted octanol–water partition coefficient (Wildman–Crippen LogP) is 4.02. The Bertz CT molecular complexity index is 597. The Morgan fingerprint density at radius 1 is 1.21 bits per heavy atom. The van der Waals surface area contributed by atoms with E-state index in [1.807, 2.05) is 0 Å². The lowest BCUT2D eigenvalue weighted by atomic mass is 10.1. The summed E-state index contributed by atoms with van der Waals surface area (Å²) in [7, 11) is 1.70. The first-order valence-corrected chi connectivity index (χ1v) is 7.22. The van der Waals surface area contributed by atoms with Gasteiger partial charge in [0, 0.05) is 18.8 Å². The maximum atomic E-state index is 5.35. The highest BCUT2D eigenvalue weighted by Crippen LogP contribution is 2.31. The van der Waals surface area contributed by atoms with Crippen molar-refractivity contribution in [1.82, 2.24) is 0 Å². The summed E-state index contributed by atoms with van der Waals surface area (Å²) in [6.45, 7) is 2.03. The molecular formula is C16H16BrNO. The van der Waals surface area contributed by atoms with Crippen LogP contribution in [0.1, 0.15) is 11.1 Å². The SMILES string of the molecule is COc1cc(CN2CCc3ccccc32)ccc1Br. The largest absolute Gasteiger partial charge is 0.496 e. The fraction of sp³-hybridized carbons (Fsp3) is 0.250. The number of anilines is 1. The van der Waals surface area contributed by atoms with Crippen LogP contribution in [-0.4, -0.2) is 13.7 Å². The van der Waals surface area contributed by atoms with Gasteiger partial charge in [-0.3, -0.25) is 0 Å². The maximum Gasteiger partial charge on any atom is 0.133 e. The highest BCUT2D eigenvalue weighted by atomic mass is 79.9. The summed E-state index contributed by atoms with van der Waals surface area (Å²) in [6, 6.07) is 15.0. The van der Waals surface area contributed by atoms with Gasteiger partial charge in [0.25, 0.3) is 0 Å². The Morgan fingerprint density at radius 3 is 2.89 bits per heavy atom. The van der Waals surface area contributed by atoms with Crippen LogP contribution in [0.25, 0.3) is 0 Å². The molecule has 0 aromatic heterocycles. The molecule has 2 aromatic carbocycles. The van der Waals surface area contributed by atoms with Crippen molar-refractivity contribution in [2.75, 3.05) is 18.6 Å². The van der Waals surface area contributed by atoms with Gasteiger partial charge in [-0.1, -0.05) is 24.3 Å². The fourth-order valence-corrected chi connectivity index (χ4v) is 3.00. The van der Waals surface area contributed by atoms with Crippen LogP contribution in [0.5, 0.6) is 5.75 Å². The smallest absolute Gasteiger partial charge is 0.133 e. The van der Waals surface area contributed by atoms with Crippen LogP contribution >= 0.6 is 15.9 Å². The molecular weight excluding hydrogens is 302 g/mol. The van der Waals surface area contributed by atoms with Gasteiger partial charge in [0.1, 0.15) is 5.75 Å². The molecule has 0 saturated carbocycles. The molecule has 0 unspecified atom stereocenters. The quantitative estimate of drug-likeness (QED) is 0.847. The van der Waals surface area contributed by atoms with E-state index in [1.165, 1.54) is 16.8 Å². The lowest BCUT2D eigenvalue weighted by Gasteiger charge is -2.20. The molecule has 0 atom stereocenters. The summed E-state index contributed by atoms with van der Waals surface area (Å²) in [4.78, 5) is 2.43. The lowest BCUT2D eigenvalue weighted by Crippen LogP contribution is -2.19. The van der Waals surface area contributed by atoms with Gasteiger partial charge in [-0.25, -0.2) is 0 Å². The number of hydrogen-bond donors (Lipinski definition) is 0. The van der Waals surface area contributed by atoms with Crippen LogP contribution in [-0.2, 0) is 13.0 Å². The first-order valence-electron chi connectivity index (χ1n) is 6.43. The van der Waals surface area contributed by atoms with Gasteiger partial charge >= 0.3 is 0 Å². The minimum atomic E-state index is 0.894. The molecule has 0 fully saturated rings. The highest BCUT2D eigenvalue weighted by molar-refractivity contribution is 9.10. The van der Waals surface area contributed by atoms with Crippen molar-refractivity contribution in [1.29, 1.82) is 0 Å². The van der Waals surface area contributed by atoms with E-state index < -0.39 is 0 Å². The van der Waals surface area contributed by atoms with Gasteiger partial charge in [0.15, 0.2) is 0 Å². The van der Waals surface area contributed by atoms with Crippen molar-refractivity contribution in [2.24, 2.45) is 0 Å². The van der Waals surface area contributed by atoms with E-state index in [4.69, 9.17) is 4.74 Å². The molecule has 19 heavy (non-hydrogen) atoms. The van der Waals surface area contributed by atoms with E-state index in [2.05, 4.69) is 63.3 Å². The first kappa shape index (κ1) is 12.5. The van der Waals surface area contributed by atoms with Gasteiger partial charge in [0.05, 0.1) is 11.6 Å². The minimum absolute atomic E-state index is 0.894. The number of rotatable bonds is 3. The maximum absolute atomic E-state index is 5.35. The number of hydrogen-bond acceptors (Lipinski definition) is 2. The summed E-state index contributed by atoms with van der Waals surface area (Å²) in [5.41, 5.74) is 4.09. The molecule has 1 aliphatic heterocycles. The molecule has 98 valence electrons. The second-order valence-electron chi connectivity index (χ2n) is 4.77. The number of benzene rings is 2. The minimum Gasteiger partial charge on any atom is -0.496 e. The highest BCUT2D eigenvalue weighted by Gasteiger charge is 2.18. The Hall–Kier alpha value is -1.48. The van der Waals surface area contributed by atoms with Crippen LogP contribution in [0, 0.1) is 0 Å². The molecule has 3 rings (SSSR count). The fourth-order valence-electron chi connectivity index (χ4n) is 2.59. The summed E-state index contributed by atoms with van der Waals surface area (Å²) in [5, 5.41) is 0. The lowest BCUT2D eigenvalue weighted by molar-refractivity contribution is 0.411. The number of ether oxygens (including phenoxy) is 1. The Morgan fingerprint density at radius 2 is 2.05 bits per heavy atom. The molecule has 3 heteroatoms. The van der Waals surface area contributed by atoms with Gasteiger partial charge in [0.2, 0.25) is 0 Å². The van der Waals surface area contributed by atoms with Crippen molar-refractivity contribution in [2.45, 2.75) is 13.0 Å². The summed E-state index contributed by atoms with van der Waals surface area (Å²) < 4.78 is 6.35. The molecule has 0 aliphatic carbocycles. The van der Waals surface area contributed by atoms with Crippen molar-refractivity contribution in [3.63, 3.8) is 0 Å². The second-order valence-corrected chi connectivity index (χ2v) is 5.62. The zero-order chi connectivity index (χ0) is 13.2. The number of nitrogens with zero attached hydrogens (tertiary/aromatic N) is 1. The molecule has 1 heterocycles. The van der Waals surface area contributed by atoms with Crippen LogP contribution in [0.4, 0.5) is 5.69 Å². The van der Waals surface area contributed by atoms with Crippen LogP contribution in [0.2, 0.25) is 0 Å². The zero-order valence-electron chi connectivity index (χ0n) is 10.9. The number of methoxy groups -OCH3 is 1. The third-order valence-electron chi connectivity index (χ3n) is 3.57. The molecule has 0 saturated heterocycles. The van der Waals surface area contributed by atoms with Crippen molar-refractivity contribution < 1.29 is 4.74 Å². The van der Waals surface area contributed by atoms with E-state index in [1.54, 1.807) is 7.11 Å². The topological polar surface area (TPSA) is 12.5 Å². The van der Waals surface area contributed by atoms with Crippen LogP contribution in [0.3, 0.4) is 0 Å². The average molecular weight is 318 g/mol. The predicted molar refractivity (Wildman–Crippen MR) is 81.9 cm³/mol. The monoisotopic (exact) mass is 317 g/mol. The van der Waals surface area contributed by atoms with Crippen LogP contribution in [0.15, 0.2) is 46.9 Å². The Kier molecular flexibility index (Phi) is 3.47. The molecule has 0 N–H and O–H groups in total. The zero-order valence-corrected chi connectivity index (χ0v) is 12.5. The molecule has 2 nitrogen and oxygen atoms in total. The summed E-state index contributed by atoms with van der Waals surface area (Å²) in [6.07, 6.45) is 1.14. The summed E-state index contributed by atoms with van der Waals surface area (Å²) >= 11 is 3.49. The first-order chi connectivity index (χ1) is 9.28. The molecule has 0 amide bonds. The Balaban J connectivity index is 1.83. The van der Waals surface area contributed by atoms with E-state index in [0.29, 0.717) is 0 Å². The van der Waals surface area contributed by atoms with Crippen molar-refractivity contribution in [3.8, 4) is 5.75 Å². The van der Waals surface area contributed by atoms with Gasteiger partial charge in [-0.2, -0.15) is 0 Å². The Labute approximate surface area is 122 Å². The normalized spacial score (nSPS) is 13.5. The third kappa shape index (κ3) is 2.47. The van der Waals surface area contributed by atoms with E-state index in [-0.39, 0.29) is 0 Å². The van der Waals surface area contributed by atoms with Gasteiger partial charge in [-0.15, -0.1) is 0 Å². The van der Waals surface area contributed by atoms with Gasteiger partial charge in [-0.05, 0) is 51.7 Å². The van der Waals surface area contributed by atoms with Crippen LogP contribution < -0.4 is 9.64 Å². The number of fused-ring (bicyclic) bond motifs is 1. The molecule has 0 radical (unpaired) electrons. The van der Waals surface area contributed by atoms with E-state index in [9.17, 15) is 0 Å². The number of halogens is 1. The standard InChI is InChI=1S/C16H16BrNO/c1-19-16-10-12(6-7-14(16)17)11-18-9-8-13-4-2-3-5-15(13)18/h2-7,10H,8-9,11H2,1H3. The molecule has 1 aliphatic rings. The third-order valence-corrected chi connectivity index (χ3v) is 4.23. The summed E-state index contributed by atoms with van der Waals surface area (Å²) in [5.74, 6) is 0.894. The molecule has 0 spiro atoms.